The van der Waals surface area contributed by atoms with Gasteiger partial charge in [-0.15, -0.1) is 11.8 Å². The van der Waals surface area contributed by atoms with Gasteiger partial charge in [-0.2, -0.15) is 13.2 Å². The molecule has 216 valence electrons. The van der Waals surface area contributed by atoms with E-state index in [2.05, 4.69) is 9.44 Å². The smallest absolute Gasteiger partial charge is 0.289 e. The van der Waals surface area contributed by atoms with E-state index in [-0.39, 0.29) is 23.5 Å². The average molecular weight is 648 g/mol. The highest BCUT2D eigenvalue weighted by molar-refractivity contribution is 7.99. The Morgan fingerprint density at radius 3 is 1.86 bits per heavy atom. The summed E-state index contributed by atoms with van der Waals surface area (Å²) >= 11 is 4.93. The third-order valence-corrected chi connectivity index (χ3v) is 8.46. The number of alkyl halides is 3. The fraction of sp³-hybridized carbons (Fsp3) is 0.100. The van der Waals surface area contributed by atoms with Crippen LogP contribution < -0.4 is 0 Å². The standard InChI is InChI=1S/C30H21ClF3NO4S3/c31-23-10-16-24(17-11-23)40-19-18-27(35-39-42(38)30(32,33)34)29(37)22-8-14-26(15-9-22)41-25-12-6-21(7-13-25)28(36)20-4-2-1-3-5-20/h1-17H,18-19H2/b35-27+. The SMILES string of the molecule is O=C(/C(CCSc1ccc(Cl)cc1)=N/OS(=O)C(F)(F)F)c1ccc(Sc2ccc(C(=O)c3ccccc3)cc2)cc1. The number of oxime groups is 1. The van der Waals surface area contributed by atoms with E-state index in [1.165, 1.54) is 35.7 Å². The van der Waals surface area contributed by atoms with E-state index in [0.717, 1.165) is 14.7 Å². The summed E-state index contributed by atoms with van der Waals surface area (Å²) in [7, 11) is 0. The van der Waals surface area contributed by atoms with Gasteiger partial charge in [0.15, 0.2) is 5.78 Å². The van der Waals surface area contributed by atoms with Crippen LogP contribution in [0.3, 0.4) is 0 Å². The van der Waals surface area contributed by atoms with Crippen LogP contribution in [0.4, 0.5) is 13.2 Å². The van der Waals surface area contributed by atoms with Gasteiger partial charge in [-0.05, 0) is 72.8 Å². The van der Waals surface area contributed by atoms with Gasteiger partial charge in [-0.25, -0.2) is 4.21 Å². The van der Waals surface area contributed by atoms with Crippen LogP contribution in [0.5, 0.6) is 0 Å². The number of thioether (sulfide) groups is 1. The van der Waals surface area contributed by atoms with Crippen molar-refractivity contribution >= 4 is 63.5 Å². The first-order valence-electron chi connectivity index (χ1n) is 12.2. The Labute approximate surface area is 256 Å². The van der Waals surface area contributed by atoms with Crippen LogP contribution in [-0.4, -0.2) is 32.7 Å². The largest absolute Gasteiger partial charge is 0.510 e. The Morgan fingerprint density at radius 1 is 0.762 bits per heavy atom. The van der Waals surface area contributed by atoms with Crippen molar-refractivity contribution in [2.45, 2.75) is 26.6 Å². The number of ketones is 2. The molecule has 0 aromatic heterocycles. The zero-order valence-corrected chi connectivity index (χ0v) is 24.8. The van der Waals surface area contributed by atoms with E-state index in [1.807, 2.05) is 18.2 Å². The van der Waals surface area contributed by atoms with Crippen LogP contribution in [0.2, 0.25) is 5.02 Å². The molecule has 0 saturated carbocycles. The summed E-state index contributed by atoms with van der Waals surface area (Å²) in [5.74, 6) is -0.432. The first-order valence-corrected chi connectivity index (χ1v) is 15.5. The van der Waals surface area contributed by atoms with Crippen molar-refractivity contribution in [1.29, 1.82) is 0 Å². The molecule has 0 N–H and O–H groups in total. The summed E-state index contributed by atoms with van der Waals surface area (Å²) in [5, 5.41) is 3.88. The summed E-state index contributed by atoms with van der Waals surface area (Å²) in [4.78, 5) is 28.2. The van der Waals surface area contributed by atoms with Gasteiger partial charge in [0.05, 0.1) is 0 Å². The van der Waals surface area contributed by atoms with Crippen LogP contribution in [0.1, 0.15) is 32.7 Å². The molecule has 1 atom stereocenters. The molecule has 0 radical (unpaired) electrons. The maximum Gasteiger partial charge on any atom is 0.510 e. The molecule has 0 bridgehead atoms. The van der Waals surface area contributed by atoms with Gasteiger partial charge < -0.3 is 0 Å². The zero-order valence-electron chi connectivity index (χ0n) is 21.5. The number of hydrogen-bond donors (Lipinski definition) is 0. The second kappa shape index (κ2) is 14.7. The molecular weight excluding hydrogens is 627 g/mol. The van der Waals surface area contributed by atoms with Crippen molar-refractivity contribution in [2.24, 2.45) is 5.16 Å². The zero-order chi connectivity index (χ0) is 30.1. The lowest BCUT2D eigenvalue weighted by Crippen LogP contribution is -2.20. The lowest BCUT2D eigenvalue weighted by molar-refractivity contribution is -0.0471. The fourth-order valence-corrected chi connectivity index (χ4v) is 5.57. The van der Waals surface area contributed by atoms with Crippen LogP contribution >= 0.6 is 35.1 Å². The minimum Gasteiger partial charge on any atom is -0.289 e. The molecule has 4 aromatic rings. The van der Waals surface area contributed by atoms with Gasteiger partial charge in [0.1, 0.15) is 5.71 Å². The maximum atomic E-state index is 13.1. The molecule has 0 aliphatic carbocycles. The predicted octanol–water partition coefficient (Wildman–Crippen LogP) is 8.64. The van der Waals surface area contributed by atoms with Crippen LogP contribution in [0, 0.1) is 0 Å². The van der Waals surface area contributed by atoms with E-state index in [0.29, 0.717) is 21.9 Å². The monoisotopic (exact) mass is 647 g/mol. The lowest BCUT2D eigenvalue weighted by Gasteiger charge is -2.08. The van der Waals surface area contributed by atoms with Crippen LogP contribution in [0.25, 0.3) is 0 Å². The Hall–Kier alpha value is -3.38. The van der Waals surface area contributed by atoms with Gasteiger partial charge in [-0.1, -0.05) is 58.9 Å². The van der Waals surface area contributed by atoms with Crippen molar-refractivity contribution in [3.63, 3.8) is 0 Å². The molecule has 0 fully saturated rings. The summed E-state index contributed by atoms with van der Waals surface area (Å²) in [6.07, 6.45) is -0.0360. The van der Waals surface area contributed by atoms with Crippen LogP contribution in [0.15, 0.2) is 123 Å². The number of carbonyl (C=O) groups is 2. The fourth-order valence-electron chi connectivity index (χ4n) is 3.53. The van der Waals surface area contributed by atoms with Gasteiger partial charge in [-0.3, -0.25) is 13.9 Å². The molecule has 0 saturated heterocycles. The maximum absolute atomic E-state index is 13.1. The van der Waals surface area contributed by atoms with Gasteiger partial charge in [0.25, 0.3) is 0 Å². The van der Waals surface area contributed by atoms with E-state index in [4.69, 9.17) is 11.6 Å². The molecule has 0 aliphatic heterocycles. The van der Waals surface area contributed by atoms with E-state index < -0.39 is 22.4 Å². The van der Waals surface area contributed by atoms with Crippen molar-refractivity contribution in [1.82, 2.24) is 0 Å². The summed E-state index contributed by atoms with van der Waals surface area (Å²) in [6.45, 7) is 0. The quantitative estimate of drug-likeness (QED) is 0.0663. The highest BCUT2D eigenvalue weighted by atomic mass is 35.5. The molecule has 4 rings (SSSR count). The number of Topliss-reactive ketones (excluding diaryl/α,β-unsaturated/α-hetero) is 1. The molecular formula is C30H21ClF3NO4S3. The topological polar surface area (TPSA) is 72.8 Å². The highest BCUT2D eigenvalue weighted by Gasteiger charge is 2.40. The number of hydrogen-bond acceptors (Lipinski definition) is 7. The number of halogens is 4. The second-order valence-electron chi connectivity index (χ2n) is 8.52. The van der Waals surface area contributed by atoms with Crippen molar-refractivity contribution < 1.29 is 31.3 Å². The van der Waals surface area contributed by atoms with Gasteiger partial charge in [0, 0.05) is 48.6 Å². The number of nitrogens with zero attached hydrogens (tertiary/aromatic N) is 1. The molecule has 0 amide bonds. The van der Waals surface area contributed by atoms with Crippen molar-refractivity contribution in [2.75, 3.05) is 5.75 Å². The van der Waals surface area contributed by atoms with Gasteiger partial charge >= 0.3 is 16.6 Å². The van der Waals surface area contributed by atoms with Crippen LogP contribution in [-0.2, 0) is 15.4 Å². The number of benzene rings is 4. The summed E-state index contributed by atoms with van der Waals surface area (Å²) in [5.41, 5.74) is -4.10. The molecule has 4 aromatic carbocycles. The average Bonchev–Trinajstić information content (AvgIpc) is 2.99. The Kier molecular flexibility index (Phi) is 11.0. The number of carbonyl (C=O) groups excluding carboxylic acids is 2. The minimum absolute atomic E-state index is 0.0360. The normalized spacial score (nSPS) is 12.5. The molecule has 0 spiro atoms. The molecule has 12 heteroatoms. The summed E-state index contributed by atoms with van der Waals surface area (Å²) in [6, 6.07) is 29.4. The van der Waals surface area contributed by atoms with E-state index in [1.54, 1.807) is 72.8 Å². The molecule has 0 heterocycles. The minimum atomic E-state index is -5.14. The Morgan fingerprint density at radius 2 is 1.29 bits per heavy atom. The van der Waals surface area contributed by atoms with Crippen molar-refractivity contribution in [3.8, 4) is 0 Å². The molecule has 1 unspecified atom stereocenters. The molecule has 0 aliphatic rings. The highest BCUT2D eigenvalue weighted by Crippen LogP contribution is 2.29. The number of rotatable bonds is 12. The first-order chi connectivity index (χ1) is 20.1. The molecule has 42 heavy (non-hydrogen) atoms. The lowest BCUT2D eigenvalue weighted by atomic mass is 10.0. The van der Waals surface area contributed by atoms with Gasteiger partial charge in [0.2, 0.25) is 5.78 Å². The van der Waals surface area contributed by atoms with E-state index >= 15 is 0 Å². The Balaban J connectivity index is 1.42. The summed E-state index contributed by atoms with van der Waals surface area (Å²) < 4.78 is 53.5. The predicted molar refractivity (Wildman–Crippen MR) is 161 cm³/mol. The van der Waals surface area contributed by atoms with Crippen molar-refractivity contribution in [3.05, 3.63) is 125 Å². The first kappa shape index (κ1) is 31.6. The van der Waals surface area contributed by atoms with E-state index in [9.17, 15) is 27.0 Å². The third-order valence-electron chi connectivity index (χ3n) is 5.59. The Bertz CT molecular complexity index is 1580. The second-order valence-corrected chi connectivity index (χ2v) is 12.4. The third kappa shape index (κ3) is 9.06. The molecule has 5 nitrogen and oxygen atoms in total.